The van der Waals surface area contributed by atoms with Crippen molar-refractivity contribution in [3.63, 3.8) is 0 Å². The summed E-state index contributed by atoms with van der Waals surface area (Å²) in [6.07, 6.45) is 1.38. The van der Waals surface area contributed by atoms with Crippen LogP contribution in [0.3, 0.4) is 0 Å². The second-order valence-electron chi connectivity index (χ2n) is 5.95. The van der Waals surface area contributed by atoms with Gasteiger partial charge in [0.2, 0.25) is 0 Å². The van der Waals surface area contributed by atoms with Crippen LogP contribution >= 0.6 is 11.8 Å². The van der Waals surface area contributed by atoms with Gasteiger partial charge in [-0.2, -0.15) is 13.2 Å². The first kappa shape index (κ1) is 16.1. The molecule has 1 fully saturated rings. The molecule has 1 aliphatic rings. The van der Waals surface area contributed by atoms with Crippen molar-refractivity contribution >= 4 is 11.8 Å². The van der Waals surface area contributed by atoms with E-state index in [-0.39, 0.29) is 28.5 Å². The van der Waals surface area contributed by atoms with Crippen LogP contribution in [0.4, 0.5) is 13.2 Å². The van der Waals surface area contributed by atoms with Crippen molar-refractivity contribution in [1.82, 2.24) is 5.32 Å². The standard InChI is InChI=1S/C12H22F3NOS/c1-10(2,3)16-8-11(4-6-17-9-11)5-7-18-12(13,14)15/h16H,4-9H2,1-3H3. The monoisotopic (exact) mass is 285 g/mol. The van der Waals surface area contributed by atoms with E-state index in [1.54, 1.807) is 0 Å². The molecule has 18 heavy (non-hydrogen) atoms. The molecule has 0 spiro atoms. The average Bonchev–Trinajstić information content (AvgIpc) is 2.61. The molecule has 1 N–H and O–H groups in total. The Morgan fingerprint density at radius 2 is 1.94 bits per heavy atom. The van der Waals surface area contributed by atoms with E-state index in [2.05, 4.69) is 26.1 Å². The molecule has 1 rings (SSSR count). The third-order valence-corrected chi connectivity index (χ3v) is 3.81. The Hall–Kier alpha value is 0.0600. The van der Waals surface area contributed by atoms with Crippen LogP contribution in [0.5, 0.6) is 0 Å². The molecule has 1 saturated heterocycles. The highest BCUT2D eigenvalue weighted by molar-refractivity contribution is 8.00. The molecule has 0 bridgehead atoms. The fourth-order valence-corrected chi connectivity index (χ4v) is 2.68. The first-order valence-electron chi connectivity index (χ1n) is 6.15. The van der Waals surface area contributed by atoms with Crippen LogP contribution in [0.15, 0.2) is 0 Å². The van der Waals surface area contributed by atoms with Crippen molar-refractivity contribution in [1.29, 1.82) is 0 Å². The first-order chi connectivity index (χ1) is 8.12. The Bertz CT molecular complexity index is 257. The third-order valence-electron chi connectivity index (χ3n) is 3.08. The van der Waals surface area contributed by atoms with Gasteiger partial charge in [-0.25, -0.2) is 0 Å². The fraction of sp³-hybridized carbons (Fsp3) is 1.00. The Morgan fingerprint density at radius 3 is 2.39 bits per heavy atom. The van der Waals surface area contributed by atoms with Crippen LogP contribution in [-0.2, 0) is 4.74 Å². The van der Waals surface area contributed by atoms with E-state index in [0.717, 1.165) is 13.0 Å². The Balaban J connectivity index is 2.43. The number of nitrogens with one attached hydrogen (secondary N) is 1. The van der Waals surface area contributed by atoms with Gasteiger partial charge in [-0.3, -0.25) is 0 Å². The predicted octanol–water partition coefficient (Wildman–Crippen LogP) is 3.42. The number of hydrogen-bond acceptors (Lipinski definition) is 3. The Kier molecular flexibility index (Phi) is 5.38. The van der Waals surface area contributed by atoms with E-state index in [1.807, 2.05) is 0 Å². The Morgan fingerprint density at radius 1 is 1.28 bits per heavy atom. The summed E-state index contributed by atoms with van der Waals surface area (Å²) in [6.45, 7) is 8.11. The van der Waals surface area contributed by atoms with E-state index in [0.29, 0.717) is 19.6 Å². The molecule has 1 heterocycles. The largest absolute Gasteiger partial charge is 0.441 e. The van der Waals surface area contributed by atoms with Crippen molar-refractivity contribution in [2.24, 2.45) is 5.41 Å². The van der Waals surface area contributed by atoms with Gasteiger partial charge in [0.15, 0.2) is 0 Å². The van der Waals surface area contributed by atoms with E-state index >= 15 is 0 Å². The minimum Gasteiger partial charge on any atom is -0.381 e. The topological polar surface area (TPSA) is 21.3 Å². The van der Waals surface area contributed by atoms with Crippen LogP contribution in [0, 0.1) is 5.41 Å². The normalized spacial score (nSPS) is 25.7. The van der Waals surface area contributed by atoms with E-state index in [9.17, 15) is 13.2 Å². The van der Waals surface area contributed by atoms with Crippen molar-refractivity contribution in [3.8, 4) is 0 Å². The van der Waals surface area contributed by atoms with Crippen molar-refractivity contribution in [3.05, 3.63) is 0 Å². The number of rotatable bonds is 5. The highest BCUT2D eigenvalue weighted by Crippen LogP contribution is 2.37. The van der Waals surface area contributed by atoms with Gasteiger partial charge in [0.05, 0.1) is 6.61 Å². The van der Waals surface area contributed by atoms with Gasteiger partial charge in [-0.15, -0.1) is 0 Å². The minimum absolute atomic E-state index is 0.0211. The molecule has 2 nitrogen and oxygen atoms in total. The smallest absolute Gasteiger partial charge is 0.381 e. The second kappa shape index (κ2) is 6.01. The highest BCUT2D eigenvalue weighted by Gasteiger charge is 2.37. The van der Waals surface area contributed by atoms with Gasteiger partial charge in [-0.1, -0.05) is 11.8 Å². The zero-order valence-electron chi connectivity index (χ0n) is 11.2. The third kappa shape index (κ3) is 6.29. The zero-order valence-corrected chi connectivity index (χ0v) is 12.0. The maximum absolute atomic E-state index is 12.1. The maximum Gasteiger partial charge on any atom is 0.441 e. The van der Waals surface area contributed by atoms with Crippen LogP contribution in [0.25, 0.3) is 0 Å². The molecular formula is C12H22F3NOS. The summed E-state index contributed by atoms with van der Waals surface area (Å²) in [4.78, 5) is 0. The number of ether oxygens (including phenoxy) is 1. The summed E-state index contributed by atoms with van der Waals surface area (Å²) in [5, 5.41) is 3.38. The summed E-state index contributed by atoms with van der Waals surface area (Å²) < 4.78 is 41.8. The number of alkyl halides is 3. The summed E-state index contributed by atoms with van der Waals surface area (Å²) >= 11 is 0.0690. The first-order valence-corrected chi connectivity index (χ1v) is 7.14. The molecule has 0 saturated carbocycles. The summed E-state index contributed by atoms with van der Waals surface area (Å²) in [6, 6.07) is 0. The summed E-state index contributed by atoms with van der Waals surface area (Å²) in [5.41, 5.74) is -4.28. The van der Waals surface area contributed by atoms with Crippen molar-refractivity contribution < 1.29 is 17.9 Å². The van der Waals surface area contributed by atoms with Gasteiger partial charge in [-0.05, 0) is 33.6 Å². The van der Waals surface area contributed by atoms with Crippen molar-refractivity contribution in [2.45, 2.75) is 44.7 Å². The van der Waals surface area contributed by atoms with Crippen molar-refractivity contribution in [2.75, 3.05) is 25.5 Å². The van der Waals surface area contributed by atoms with Gasteiger partial charge >= 0.3 is 5.51 Å². The average molecular weight is 285 g/mol. The summed E-state index contributed by atoms with van der Waals surface area (Å²) in [7, 11) is 0. The molecule has 108 valence electrons. The van der Waals surface area contributed by atoms with Gasteiger partial charge in [0, 0.05) is 29.9 Å². The zero-order chi connectivity index (χ0) is 13.9. The lowest BCUT2D eigenvalue weighted by atomic mass is 9.83. The molecule has 0 aromatic heterocycles. The number of hydrogen-bond donors (Lipinski definition) is 1. The quantitative estimate of drug-likeness (QED) is 0.836. The fourth-order valence-electron chi connectivity index (χ4n) is 1.91. The molecule has 1 aliphatic heterocycles. The molecule has 1 unspecified atom stereocenters. The molecule has 0 radical (unpaired) electrons. The van der Waals surface area contributed by atoms with Gasteiger partial charge in [0.25, 0.3) is 0 Å². The number of thioether (sulfide) groups is 1. The van der Waals surface area contributed by atoms with Crippen LogP contribution in [0.2, 0.25) is 0 Å². The maximum atomic E-state index is 12.1. The lowest BCUT2D eigenvalue weighted by Gasteiger charge is -2.32. The number of halogens is 3. The van der Waals surface area contributed by atoms with Crippen LogP contribution in [-0.4, -0.2) is 36.6 Å². The van der Waals surface area contributed by atoms with E-state index in [4.69, 9.17) is 4.74 Å². The molecule has 1 atom stereocenters. The molecule has 0 amide bonds. The molecule has 0 aromatic carbocycles. The molecule has 0 aliphatic carbocycles. The van der Waals surface area contributed by atoms with Crippen LogP contribution in [0.1, 0.15) is 33.6 Å². The lowest BCUT2D eigenvalue weighted by molar-refractivity contribution is -0.0329. The minimum atomic E-state index is -4.13. The van der Waals surface area contributed by atoms with E-state index in [1.165, 1.54) is 0 Å². The van der Waals surface area contributed by atoms with Gasteiger partial charge < -0.3 is 10.1 Å². The second-order valence-corrected chi connectivity index (χ2v) is 7.11. The SMILES string of the molecule is CC(C)(C)NCC1(CCSC(F)(F)F)CCOC1. The van der Waals surface area contributed by atoms with Crippen LogP contribution < -0.4 is 5.32 Å². The highest BCUT2D eigenvalue weighted by atomic mass is 32.2. The predicted molar refractivity (Wildman–Crippen MR) is 68.8 cm³/mol. The molecule has 0 aromatic rings. The lowest BCUT2D eigenvalue weighted by Crippen LogP contribution is -2.44. The Labute approximate surface area is 111 Å². The van der Waals surface area contributed by atoms with Gasteiger partial charge in [0.1, 0.15) is 0 Å². The molecule has 6 heteroatoms. The summed E-state index contributed by atoms with van der Waals surface area (Å²) in [5.74, 6) is 0.110. The van der Waals surface area contributed by atoms with E-state index < -0.39 is 5.51 Å². The molecular weight excluding hydrogens is 263 g/mol.